The van der Waals surface area contributed by atoms with Gasteiger partial charge >= 0.3 is 0 Å². The van der Waals surface area contributed by atoms with Crippen molar-refractivity contribution in [1.29, 1.82) is 0 Å². The van der Waals surface area contributed by atoms with Crippen LogP contribution in [0.2, 0.25) is 0 Å². The first-order chi connectivity index (χ1) is 7.22. The average Bonchev–Trinajstić information content (AvgIpc) is 2.12. The zero-order valence-electron chi connectivity index (χ0n) is 10.4. The van der Waals surface area contributed by atoms with E-state index in [9.17, 15) is 0 Å². The highest BCUT2D eigenvalue weighted by Crippen LogP contribution is 2.17. The Hall–Kier alpha value is 0.270. The van der Waals surface area contributed by atoms with Crippen molar-refractivity contribution in [3.8, 4) is 0 Å². The summed E-state index contributed by atoms with van der Waals surface area (Å²) in [6, 6.07) is 0. The lowest BCUT2D eigenvalue weighted by Crippen LogP contribution is -2.48. The van der Waals surface area contributed by atoms with Crippen molar-refractivity contribution in [3.63, 3.8) is 0 Å². The molecule has 0 unspecified atom stereocenters. The molecule has 0 bridgehead atoms. The molecule has 90 valence electrons. The molecule has 1 rings (SSSR count). The molecule has 0 saturated carbocycles. The van der Waals surface area contributed by atoms with Gasteiger partial charge in [0.15, 0.2) is 0 Å². The second-order valence-electron chi connectivity index (χ2n) is 4.93. The van der Waals surface area contributed by atoms with Gasteiger partial charge < -0.3 is 4.74 Å². The normalized spacial score (nSPS) is 18.4. The Kier molecular flexibility index (Phi) is 6.69. The molecular weight excluding hydrogens is 206 g/mol. The monoisotopic (exact) mass is 231 g/mol. The van der Waals surface area contributed by atoms with Gasteiger partial charge in [-0.2, -0.15) is 0 Å². The highest BCUT2D eigenvalue weighted by Gasteiger charge is 2.25. The fourth-order valence-corrected chi connectivity index (χ4v) is 2.49. The van der Waals surface area contributed by atoms with E-state index in [-0.39, 0.29) is 0 Å². The second-order valence-corrected chi connectivity index (χ2v) is 5.77. The van der Waals surface area contributed by atoms with Gasteiger partial charge in [-0.25, -0.2) is 0 Å². The average molecular weight is 231 g/mol. The third-order valence-corrected chi connectivity index (χ3v) is 3.39. The van der Waals surface area contributed by atoms with E-state index < -0.39 is 0 Å². The lowest BCUT2D eigenvalue weighted by Gasteiger charge is -2.38. The van der Waals surface area contributed by atoms with Crippen LogP contribution in [0.5, 0.6) is 0 Å². The molecule has 2 nitrogen and oxygen atoms in total. The molecular formula is C12H25NOS. The smallest absolute Gasteiger partial charge is 0.0518 e. The highest BCUT2D eigenvalue weighted by molar-refractivity contribution is 7.98. The first kappa shape index (κ1) is 13.3. The van der Waals surface area contributed by atoms with Crippen molar-refractivity contribution in [2.45, 2.75) is 26.7 Å². The van der Waals surface area contributed by atoms with Crippen molar-refractivity contribution in [2.24, 2.45) is 11.8 Å². The van der Waals surface area contributed by atoms with Gasteiger partial charge in [-0.3, -0.25) is 4.90 Å². The zero-order valence-corrected chi connectivity index (χ0v) is 11.2. The van der Waals surface area contributed by atoms with Crippen LogP contribution in [0.15, 0.2) is 0 Å². The van der Waals surface area contributed by atoms with Gasteiger partial charge in [0.2, 0.25) is 0 Å². The Morgan fingerprint density at radius 2 is 2.13 bits per heavy atom. The molecule has 0 aliphatic carbocycles. The maximum atomic E-state index is 5.68. The largest absolute Gasteiger partial charge is 0.381 e. The molecule has 1 heterocycles. The lowest BCUT2D eigenvalue weighted by molar-refractivity contribution is 0.0229. The van der Waals surface area contributed by atoms with Gasteiger partial charge in [-0.15, -0.1) is 11.8 Å². The summed E-state index contributed by atoms with van der Waals surface area (Å²) in [7, 11) is 0. The molecule has 1 fully saturated rings. The molecule has 1 aliphatic heterocycles. The summed E-state index contributed by atoms with van der Waals surface area (Å²) in [6.07, 6.45) is 4.68. The van der Waals surface area contributed by atoms with E-state index in [1.165, 1.54) is 31.8 Å². The number of nitrogens with zero attached hydrogens (tertiary/aromatic N) is 1. The summed E-state index contributed by atoms with van der Waals surface area (Å²) in [5, 5.41) is 0. The highest BCUT2D eigenvalue weighted by atomic mass is 32.2. The maximum Gasteiger partial charge on any atom is 0.0518 e. The predicted octanol–water partition coefficient (Wildman–Crippen LogP) is 2.69. The van der Waals surface area contributed by atoms with Crippen LogP contribution in [0.25, 0.3) is 0 Å². The Bertz CT molecular complexity index is 158. The first-order valence-electron chi connectivity index (χ1n) is 6.01. The molecule has 1 aliphatic rings. The first-order valence-corrected chi connectivity index (χ1v) is 7.40. The van der Waals surface area contributed by atoms with Crippen LogP contribution in [0.4, 0.5) is 0 Å². The van der Waals surface area contributed by atoms with Gasteiger partial charge in [0.05, 0.1) is 6.61 Å². The van der Waals surface area contributed by atoms with Crippen molar-refractivity contribution in [2.75, 3.05) is 38.4 Å². The fourth-order valence-electron chi connectivity index (χ4n) is 1.91. The molecule has 0 atom stereocenters. The minimum atomic E-state index is 0.802. The third-order valence-electron chi connectivity index (χ3n) is 2.77. The molecule has 0 aromatic rings. The summed E-state index contributed by atoms with van der Waals surface area (Å²) in [4.78, 5) is 2.48. The van der Waals surface area contributed by atoms with Gasteiger partial charge in [0, 0.05) is 31.5 Å². The van der Waals surface area contributed by atoms with Crippen LogP contribution in [-0.4, -0.2) is 43.3 Å². The van der Waals surface area contributed by atoms with E-state index in [0.29, 0.717) is 0 Å². The number of likely N-dealkylation sites (tertiary alicyclic amines) is 1. The van der Waals surface area contributed by atoms with E-state index >= 15 is 0 Å². The number of hydrogen-bond donors (Lipinski definition) is 0. The van der Waals surface area contributed by atoms with Crippen LogP contribution in [0.1, 0.15) is 26.7 Å². The zero-order chi connectivity index (χ0) is 11.1. The van der Waals surface area contributed by atoms with E-state index in [0.717, 1.165) is 25.0 Å². The van der Waals surface area contributed by atoms with Crippen molar-refractivity contribution in [1.82, 2.24) is 4.90 Å². The molecule has 3 heteroatoms. The van der Waals surface area contributed by atoms with E-state index in [1.54, 1.807) is 0 Å². The molecule has 0 spiro atoms. The molecule has 1 saturated heterocycles. The maximum absolute atomic E-state index is 5.68. The Morgan fingerprint density at radius 1 is 1.40 bits per heavy atom. The number of rotatable bonds is 8. The van der Waals surface area contributed by atoms with Gasteiger partial charge in [0.1, 0.15) is 0 Å². The fraction of sp³-hybridized carbons (Fsp3) is 1.00. The van der Waals surface area contributed by atoms with Crippen molar-refractivity contribution < 1.29 is 4.74 Å². The van der Waals surface area contributed by atoms with Gasteiger partial charge in [0.25, 0.3) is 0 Å². The predicted molar refractivity (Wildman–Crippen MR) is 68.3 cm³/mol. The van der Waals surface area contributed by atoms with Crippen LogP contribution in [0, 0.1) is 11.8 Å². The standard InChI is InChI=1S/C12H25NOS/c1-11(2)5-4-6-14-9-12-7-13(8-12)10-15-3/h11-12H,4-10H2,1-3H3. The van der Waals surface area contributed by atoms with E-state index in [1.807, 2.05) is 11.8 Å². The molecule has 15 heavy (non-hydrogen) atoms. The van der Waals surface area contributed by atoms with Gasteiger partial charge in [-0.05, 0) is 25.0 Å². The summed E-state index contributed by atoms with van der Waals surface area (Å²) in [5.74, 6) is 2.80. The summed E-state index contributed by atoms with van der Waals surface area (Å²) >= 11 is 1.91. The Balaban J connectivity index is 1.82. The molecule has 0 radical (unpaired) electrons. The molecule has 0 aromatic heterocycles. The summed E-state index contributed by atoms with van der Waals surface area (Å²) < 4.78 is 5.68. The Morgan fingerprint density at radius 3 is 2.73 bits per heavy atom. The van der Waals surface area contributed by atoms with Crippen LogP contribution >= 0.6 is 11.8 Å². The topological polar surface area (TPSA) is 12.5 Å². The Labute approximate surface area is 98.7 Å². The third kappa shape index (κ3) is 5.79. The van der Waals surface area contributed by atoms with Gasteiger partial charge in [-0.1, -0.05) is 13.8 Å². The molecule has 0 N–H and O–H groups in total. The SMILES string of the molecule is CSCN1CC(COCCCC(C)C)C1. The second kappa shape index (κ2) is 7.53. The molecule has 0 aromatic carbocycles. The minimum Gasteiger partial charge on any atom is -0.381 e. The summed E-state index contributed by atoms with van der Waals surface area (Å²) in [6.45, 7) is 8.95. The minimum absolute atomic E-state index is 0.802. The molecule has 0 amide bonds. The van der Waals surface area contributed by atoms with Crippen molar-refractivity contribution >= 4 is 11.8 Å². The van der Waals surface area contributed by atoms with E-state index in [2.05, 4.69) is 25.0 Å². The number of ether oxygens (including phenoxy) is 1. The van der Waals surface area contributed by atoms with Crippen molar-refractivity contribution in [3.05, 3.63) is 0 Å². The van der Waals surface area contributed by atoms with Crippen LogP contribution in [0.3, 0.4) is 0 Å². The lowest BCUT2D eigenvalue weighted by atomic mass is 10.0. The quantitative estimate of drug-likeness (QED) is 0.596. The number of thioether (sulfide) groups is 1. The number of hydrogen-bond acceptors (Lipinski definition) is 3. The van der Waals surface area contributed by atoms with E-state index in [4.69, 9.17) is 4.74 Å². The van der Waals surface area contributed by atoms with Crippen LogP contribution in [-0.2, 0) is 4.74 Å². The van der Waals surface area contributed by atoms with Crippen LogP contribution < -0.4 is 0 Å². The summed E-state index contributed by atoms with van der Waals surface area (Å²) in [5.41, 5.74) is 0.